The van der Waals surface area contributed by atoms with Crippen LogP contribution in [0.25, 0.3) is 0 Å². The maximum atomic E-state index is 11.6. The molecule has 0 aliphatic rings. The lowest BCUT2D eigenvalue weighted by Crippen LogP contribution is -2.25. The minimum Gasteiger partial charge on any atom is -0.382 e. The molecule has 0 bridgehead atoms. The van der Waals surface area contributed by atoms with Crippen LogP contribution in [0.4, 0.5) is 0 Å². The molecular weight excluding hydrogens is 356 g/mol. The first-order valence-corrected chi connectivity index (χ1v) is 9.47. The Hall–Kier alpha value is -0.610. The van der Waals surface area contributed by atoms with Gasteiger partial charge in [0.05, 0.1) is 79.3 Å². The van der Waals surface area contributed by atoms with Gasteiger partial charge in [-0.25, -0.2) is 0 Å². The molecule has 0 aromatic rings. The highest BCUT2D eigenvalue weighted by Crippen LogP contribution is 2.14. The van der Waals surface area contributed by atoms with Gasteiger partial charge in [0.2, 0.25) is 0 Å². The lowest BCUT2D eigenvalue weighted by Gasteiger charge is -2.16. The van der Waals surface area contributed by atoms with Crippen LogP contribution in [0.3, 0.4) is 0 Å². The molecule has 0 radical (unpaired) electrons. The maximum absolute atomic E-state index is 11.6. The normalized spacial score (nSPS) is 11.9. The Morgan fingerprint density at radius 3 is 1.15 bits per heavy atom. The van der Waals surface area contributed by atoms with Gasteiger partial charge in [-0.2, -0.15) is 0 Å². The Balaban J connectivity index is 3.10. The third-order valence-electron chi connectivity index (χ3n) is 3.36. The summed E-state index contributed by atoms with van der Waals surface area (Å²) < 4.78 is 36.9. The second kappa shape index (κ2) is 18.7. The minimum atomic E-state index is -0.360. The van der Waals surface area contributed by atoms with Crippen LogP contribution in [0.5, 0.6) is 0 Å². The molecule has 0 unspecified atom stereocenters. The van der Waals surface area contributed by atoms with Gasteiger partial charge in [0.25, 0.3) is 0 Å². The molecule has 0 spiro atoms. The van der Waals surface area contributed by atoms with Gasteiger partial charge in [-0.15, -0.1) is 0 Å². The summed E-state index contributed by atoms with van der Waals surface area (Å²) >= 11 is 0. The molecule has 8 heteroatoms. The van der Waals surface area contributed by atoms with E-state index in [0.717, 1.165) is 0 Å². The molecule has 0 atom stereocenters. The van der Waals surface area contributed by atoms with Crippen molar-refractivity contribution in [2.24, 2.45) is 5.41 Å². The topological polar surface area (TPSA) is 81.7 Å². The molecule has 0 saturated carbocycles. The standard InChI is InChI=1S/C19H38O8/c1-19(2,3)18(20)17-27-16-15-26-14-13-25-12-11-24-10-9-23-8-7-22-6-5-21-4/h5-17H2,1-4H3. The molecule has 27 heavy (non-hydrogen) atoms. The van der Waals surface area contributed by atoms with Crippen molar-refractivity contribution in [3.8, 4) is 0 Å². The van der Waals surface area contributed by atoms with Crippen molar-refractivity contribution in [1.82, 2.24) is 0 Å². The quantitative estimate of drug-likeness (QED) is 0.286. The predicted molar refractivity (Wildman–Crippen MR) is 101 cm³/mol. The van der Waals surface area contributed by atoms with E-state index < -0.39 is 0 Å². The number of rotatable bonds is 20. The highest BCUT2D eigenvalue weighted by atomic mass is 16.6. The van der Waals surface area contributed by atoms with Crippen LogP contribution in [-0.4, -0.2) is 98.8 Å². The van der Waals surface area contributed by atoms with Crippen LogP contribution in [0.1, 0.15) is 20.8 Å². The predicted octanol–water partition coefficient (Wildman–Crippen LogP) is 1.35. The summed E-state index contributed by atoms with van der Waals surface area (Å²) in [4.78, 5) is 11.6. The van der Waals surface area contributed by atoms with Crippen LogP contribution in [0, 0.1) is 5.41 Å². The summed E-state index contributed by atoms with van der Waals surface area (Å²) in [5.74, 6) is 0.0895. The second-order valence-corrected chi connectivity index (χ2v) is 6.78. The van der Waals surface area contributed by atoms with Crippen molar-refractivity contribution in [1.29, 1.82) is 0 Å². The molecule has 0 saturated heterocycles. The van der Waals surface area contributed by atoms with Crippen molar-refractivity contribution in [3.05, 3.63) is 0 Å². The zero-order chi connectivity index (χ0) is 20.2. The van der Waals surface area contributed by atoms with Gasteiger partial charge in [0.1, 0.15) is 6.61 Å². The van der Waals surface area contributed by atoms with Gasteiger partial charge in [0, 0.05) is 12.5 Å². The number of hydrogen-bond donors (Lipinski definition) is 0. The van der Waals surface area contributed by atoms with E-state index in [0.29, 0.717) is 79.3 Å². The van der Waals surface area contributed by atoms with Crippen molar-refractivity contribution in [2.75, 3.05) is 93.0 Å². The lowest BCUT2D eigenvalue weighted by atomic mass is 9.91. The Labute approximate surface area is 163 Å². The number of ether oxygens (including phenoxy) is 7. The molecular formula is C19H38O8. The number of carbonyl (C=O) groups is 1. The fourth-order valence-electron chi connectivity index (χ4n) is 1.62. The van der Waals surface area contributed by atoms with E-state index in [1.54, 1.807) is 7.11 Å². The fourth-order valence-corrected chi connectivity index (χ4v) is 1.62. The smallest absolute Gasteiger partial charge is 0.163 e. The van der Waals surface area contributed by atoms with Crippen LogP contribution in [0.2, 0.25) is 0 Å². The Morgan fingerprint density at radius 2 is 0.852 bits per heavy atom. The highest BCUT2D eigenvalue weighted by Gasteiger charge is 2.20. The third-order valence-corrected chi connectivity index (χ3v) is 3.36. The SMILES string of the molecule is COCCOCCOCCOCCOCCOCCOCC(=O)C(C)(C)C. The first-order chi connectivity index (χ1) is 13.0. The third kappa shape index (κ3) is 19.9. The van der Waals surface area contributed by atoms with E-state index in [1.165, 1.54) is 0 Å². The largest absolute Gasteiger partial charge is 0.382 e. The van der Waals surface area contributed by atoms with Crippen molar-refractivity contribution in [2.45, 2.75) is 20.8 Å². The summed E-state index contributed by atoms with van der Waals surface area (Å²) in [6.45, 7) is 12.0. The first kappa shape index (κ1) is 26.4. The Morgan fingerprint density at radius 1 is 0.556 bits per heavy atom. The molecule has 0 fully saturated rings. The molecule has 8 nitrogen and oxygen atoms in total. The van der Waals surface area contributed by atoms with E-state index in [-0.39, 0.29) is 17.8 Å². The molecule has 0 aromatic carbocycles. The Bertz CT molecular complexity index is 330. The van der Waals surface area contributed by atoms with Gasteiger partial charge in [0.15, 0.2) is 5.78 Å². The summed E-state index contributed by atoms with van der Waals surface area (Å²) in [6, 6.07) is 0. The van der Waals surface area contributed by atoms with Gasteiger partial charge in [-0.05, 0) is 0 Å². The summed E-state index contributed by atoms with van der Waals surface area (Å²) in [5.41, 5.74) is -0.360. The van der Waals surface area contributed by atoms with E-state index in [2.05, 4.69) is 0 Å². The van der Waals surface area contributed by atoms with Crippen molar-refractivity contribution in [3.63, 3.8) is 0 Å². The first-order valence-electron chi connectivity index (χ1n) is 9.47. The number of ketones is 1. The number of carbonyl (C=O) groups excluding carboxylic acids is 1. The molecule has 0 amide bonds. The number of methoxy groups -OCH3 is 1. The fraction of sp³-hybridized carbons (Fsp3) is 0.947. The van der Waals surface area contributed by atoms with Gasteiger partial charge in [-0.1, -0.05) is 20.8 Å². The number of Topliss-reactive ketones (excluding diaryl/α,β-unsaturated/α-hetero) is 1. The van der Waals surface area contributed by atoms with Gasteiger partial charge < -0.3 is 33.2 Å². The van der Waals surface area contributed by atoms with Gasteiger partial charge in [-0.3, -0.25) is 4.79 Å². The van der Waals surface area contributed by atoms with E-state index in [1.807, 2.05) is 20.8 Å². The maximum Gasteiger partial charge on any atom is 0.163 e. The second-order valence-electron chi connectivity index (χ2n) is 6.78. The van der Waals surface area contributed by atoms with Crippen LogP contribution in [0.15, 0.2) is 0 Å². The molecule has 0 aliphatic carbocycles. The van der Waals surface area contributed by atoms with Crippen LogP contribution >= 0.6 is 0 Å². The van der Waals surface area contributed by atoms with E-state index in [9.17, 15) is 4.79 Å². The summed E-state index contributed by atoms with van der Waals surface area (Å²) in [7, 11) is 1.64. The number of hydrogen-bond acceptors (Lipinski definition) is 8. The monoisotopic (exact) mass is 394 g/mol. The molecule has 0 rings (SSSR count). The highest BCUT2D eigenvalue weighted by molar-refractivity contribution is 5.84. The zero-order valence-corrected chi connectivity index (χ0v) is 17.5. The molecule has 0 aliphatic heterocycles. The summed E-state index contributed by atoms with van der Waals surface area (Å²) in [6.07, 6.45) is 0. The zero-order valence-electron chi connectivity index (χ0n) is 17.5. The lowest BCUT2D eigenvalue weighted by molar-refractivity contribution is -0.131. The van der Waals surface area contributed by atoms with Crippen molar-refractivity contribution < 1.29 is 38.0 Å². The average Bonchev–Trinajstić information content (AvgIpc) is 2.62. The van der Waals surface area contributed by atoms with Gasteiger partial charge >= 0.3 is 0 Å². The van der Waals surface area contributed by atoms with Crippen LogP contribution < -0.4 is 0 Å². The molecule has 0 N–H and O–H groups in total. The molecule has 162 valence electrons. The van der Waals surface area contributed by atoms with Crippen LogP contribution in [-0.2, 0) is 38.0 Å². The molecule has 0 aromatic heterocycles. The van der Waals surface area contributed by atoms with E-state index >= 15 is 0 Å². The average molecular weight is 395 g/mol. The summed E-state index contributed by atoms with van der Waals surface area (Å²) in [5, 5.41) is 0. The molecule has 0 heterocycles. The van der Waals surface area contributed by atoms with E-state index in [4.69, 9.17) is 33.2 Å². The Kier molecular flexibility index (Phi) is 18.3. The van der Waals surface area contributed by atoms with Crippen molar-refractivity contribution >= 4 is 5.78 Å². The minimum absolute atomic E-state index is 0.0895.